The second-order valence-electron chi connectivity index (χ2n) is 4.69. The van der Waals surface area contributed by atoms with Crippen LogP contribution in [0.3, 0.4) is 0 Å². The highest BCUT2D eigenvalue weighted by molar-refractivity contribution is 9.13. The van der Waals surface area contributed by atoms with Gasteiger partial charge in [-0.2, -0.15) is 0 Å². The molecule has 2 rings (SSSR count). The van der Waals surface area contributed by atoms with E-state index in [-0.39, 0.29) is 0 Å². The molecule has 1 N–H and O–H groups in total. The summed E-state index contributed by atoms with van der Waals surface area (Å²) in [6, 6.07) is 2.01. The van der Waals surface area contributed by atoms with Crippen LogP contribution in [-0.4, -0.2) is 6.54 Å². The predicted octanol–water partition coefficient (Wildman–Crippen LogP) is 4.47. The lowest BCUT2D eigenvalue weighted by Crippen LogP contribution is -2.23. The molecule has 0 saturated heterocycles. The summed E-state index contributed by atoms with van der Waals surface area (Å²) in [7, 11) is 0. The Morgan fingerprint density at radius 2 is 2.19 bits per heavy atom. The predicted molar refractivity (Wildman–Crippen MR) is 72.4 cm³/mol. The molecule has 0 aliphatic heterocycles. The molecule has 1 fully saturated rings. The van der Waals surface area contributed by atoms with E-state index in [1.165, 1.54) is 25.7 Å². The van der Waals surface area contributed by atoms with Crippen LogP contribution < -0.4 is 5.32 Å². The van der Waals surface area contributed by atoms with Crippen molar-refractivity contribution >= 4 is 31.9 Å². The van der Waals surface area contributed by atoms with Crippen LogP contribution in [0.1, 0.15) is 38.4 Å². The maximum atomic E-state index is 5.52. The first-order chi connectivity index (χ1) is 7.65. The number of hydrogen-bond donors (Lipinski definition) is 1. The summed E-state index contributed by atoms with van der Waals surface area (Å²) < 4.78 is 7.28. The minimum atomic E-state index is 0.607. The van der Waals surface area contributed by atoms with Crippen molar-refractivity contribution in [2.24, 2.45) is 5.41 Å². The smallest absolute Gasteiger partial charge is 0.183 e. The van der Waals surface area contributed by atoms with Crippen LogP contribution >= 0.6 is 31.9 Å². The highest BCUT2D eigenvalue weighted by atomic mass is 79.9. The number of rotatable bonds is 6. The Morgan fingerprint density at radius 1 is 1.44 bits per heavy atom. The zero-order chi connectivity index (χ0) is 11.6. The molecule has 4 heteroatoms. The van der Waals surface area contributed by atoms with Crippen LogP contribution in [-0.2, 0) is 6.54 Å². The molecule has 0 radical (unpaired) electrons. The molecule has 0 atom stereocenters. The van der Waals surface area contributed by atoms with E-state index in [0.29, 0.717) is 5.41 Å². The molecule has 1 aromatic rings. The fourth-order valence-electron chi connectivity index (χ4n) is 2.15. The van der Waals surface area contributed by atoms with Crippen molar-refractivity contribution in [3.63, 3.8) is 0 Å². The molecule has 0 aromatic carbocycles. The fraction of sp³-hybridized carbons (Fsp3) is 0.667. The quantitative estimate of drug-likeness (QED) is 0.818. The molecule has 1 saturated carbocycles. The van der Waals surface area contributed by atoms with E-state index < -0.39 is 0 Å². The van der Waals surface area contributed by atoms with Gasteiger partial charge < -0.3 is 9.73 Å². The second kappa shape index (κ2) is 5.23. The first-order valence-corrected chi connectivity index (χ1v) is 7.38. The maximum Gasteiger partial charge on any atom is 0.183 e. The van der Waals surface area contributed by atoms with Gasteiger partial charge in [0.15, 0.2) is 4.67 Å². The summed E-state index contributed by atoms with van der Waals surface area (Å²) in [4.78, 5) is 0. The van der Waals surface area contributed by atoms with Gasteiger partial charge in [0.2, 0.25) is 0 Å². The summed E-state index contributed by atoms with van der Waals surface area (Å²) in [5, 5.41) is 3.49. The first-order valence-electron chi connectivity index (χ1n) is 5.80. The largest absolute Gasteiger partial charge is 0.452 e. The van der Waals surface area contributed by atoms with Crippen LogP contribution in [0.5, 0.6) is 0 Å². The minimum absolute atomic E-state index is 0.607. The van der Waals surface area contributed by atoms with Crippen molar-refractivity contribution in [2.75, 3.05) is 6.54 Å². The Morgan fingerprint density at radius 3 is 2.69 bits per heavy atom. The fourth-order valence-corrected chi connectivity index (χ4v) is 2.81. The normalized spacial score (nSPS) is 17.7. The molecule has 0 bridgehead atoms. The van der Waals surface area contributed by atoms with Crippen molar-refractivity contribution in [2.45, 2.75) is 39.2 Å². The SMILES string of the molecule is CCCC1(CNCc2cc(Br)c(Br)o2)CC1. The Hall–Kier alpha value is 0.200. The monoisotopic (exact) mass is 349 g/mol. The first kappa shape index (κ1) is 12.7. The topological polar surface area (TPSA) is 25.2 Å². The molecular formula is C12H17Br2NO. The van der Waals surface area contributed by atoms with Gasteiger partial charge in [-0.25, -0.2) is 0 Å². The summed E-state index contributed by atoms with van der Waals surface area (Å²) >= 11 is 6.76. The highest BCUT2D eigenvalue weighted by Crippen LogP contribution is 2.48. The lowest BCUT2D eigenvalue weighted by Gasteiger charge is -2.13. The van der Waals surface area contributed by atoms with Crippen molar-refractivity contribution in [3.05, 3.63) is 21.0 Å². The molecule has 1 heterocycles. The Kier molecular flexibility index (Phi) is 4.14. The Labute approximate surface area is 113 Å². The Balaban J connectivity index is 1.76. The molecule has 0 unspecified atom stereocenters. The lowest BCUT2D eigenvalue weighted by atomic mass is 10.0. The number of hydrogen-bond acceptors (Lipinski definition) is 2. The van der Waals surface area contributed by atoms with Crippen LogP contribution in [0.25, 0.3) is 0 Å². The summed E-state index contributed by atoms with van der Waals surface area (Å²) in [5.74, 6) is 0.978. The van der Waals surface area contributed by atoms with E-state index >= 15 is 0 Å². The standard InChI is InChI=1S/C12H17Br2NO/c1-2-3-12(4-5-12)8-15-7-9-6-10(13)11(14)16-9/h6,15H,2-5,7-8H2,1H3. The molecule has 0 amide bonds. The van der Waals surface area contributed by atoms with Gasteiger partial charge in [0.25, 0.3) is 0 Å². The molecule has 0 spiro atoms. The summed E-state index contributed by atoms with van der Waals surface area (Å²) in [6.07, 6.45) is 5.42. The van der Waals surface area contributed by atoms with Crippen LogP contribution in [0.15, 0.2) is 19.6 Å². The maximum absolute atomic E-state index is 5.52. The average molecular weight is 351 g/mol. The molecular weight excluding hydrogens is 334 g/mol. The number of furan rings is 1. The minimum Gasteiger partial charge on any atom is -0.452 e. The zero-order valence-electron chi connectivity index (χ0n) is 9.48. The van der Waals surface area contributed by atoms with Gasteiger partial charge in [0, 0.05) is 6.54 Å². The van der Waals surface area contributed by atoms with Gasteiger partial charge >= 0.3 is 0 Å². The molecule has 1 aliphatic rings. The van der Waals surface area contributed by atoms with Gasteiger partial charge in [-0.05, 0) is 62.6 Å². The van der Waals surface area contributed by atoms with E-state index in [4.69, 9.17) is 4.42 Å². The Bertz CT molecular complexity index is 338. The zero-order valence-corrected chi connectivity index (χ0v) is 12.7. The van der Waals surface area contributed by atoms with Gasteiger partial charge in [0.1, 0.15) is 5.76 Å². The van der Waals surface area contributed by atoms with Crippen molar-refractivity contribution in [1.29, 1.82) is 0 Å². The van der Waals surface area contributed by atoms with E-state index in [0.717, 1.165) is 28.0 Å². The number of nitrogens with one attached hydrogen (secondary N) is 1. The third kappa shape index (κ3) is 3.11. The van der Waals surface area contributed by atoms with E-state index in [1.54, 1.807) is 0 Å². The third-order valence-corrected chi connectivity index (χ3v) is 4.94. The number of halogens is 2. The second-order valence-corrected chi connectivity index (χ2v) is 6.26. The third-order valence-electron chi connectivity index (χ3n) is 3.23. The summed E-state index contributed by atoms with van der Waals surface area (Å²) in [5.41, 5.74) is 0.607. The van der Waals surface area contributed by atoms with Crippen LogP contribution in [0, 0.1) is 5.41 Å². The molecule has 1 aliphatic carbocycles. The average Bonchev–Trinajstić information content (AvgIpc) is 2.91. The van der Waals surface area contributed by atoms with Crippen molar-refractivity contribution in [3.8, 4) is 0 Å². The van der Waals surface area contributed by atoms with Gasteiger partial charge in [0.05, 0.1) is 11.0 Å². The molecule has 90 valence electrons. The van der Waals surface area contributed by atoms with Gasteiger partial charge in [-0.1, -0.05) is 13.3 Å². The lowest BCUT2D eigenvalue weighted by molar-refractivity contribution is 0.398. The van der Waals surface area contributed by atoms with E-state index in [2.05, 4.69) is 44.1 Å². The molecule has 2 nitrogen and oxygen atoms in total. The van der Waals surface area contributed by atoms with Gasteiger partial charge in [-0.15, -0.1) is 0 Å². The molecule has 16 heavy (non-hydrogen) atoms. The van der Waals surface area contributed by atoms with E-state index in [9.17, 15) is 0 Å². The van der Waals surface area contributed by atoms with Crippen LogP contribution in [0.2, 0.25) is 0 Å². The molecule has 1 aromatic heterocycles. The van der Waals surface area contributed by atoms with Crippen molar-refractivity contribution < 1.29 is 4.42 Å². The highest BCUT2D eigenvalue weighted by Gasteiger charge is 2.40. The van der Waals surface area contributed by atoms with E-state index in [1.807, 2.05) is 6.07 Å². The van der Waals surface area contributed by atoms with Crippen molar-refractivity contribution in [1.82, 2.24) is 5.32 Å². The van der Waals surface area contributed by atoms with Crippen LogP contribution in [0.4, 0.5) is 0 Å². The van der Waals surface area contributed by atoms with Gasteiger partial charge in [-0.3, -0.25) is 0 Å². The summed E-state index contributed by atoms with van der Waals surface area (Å²) in [6.45, 7) is 4.20.